The van der Waals surface area contributed by atoms with Gasteiger partial charge < -0.3 is 10.0 Å². The molecule has 0 bridgehead atoms. The van der Waals surface area contributed by atoms with Crippen LogP contribution in [0.25, 0.3) is 0 Å². The topological polar surface area (TPSA) is 66.2 Å². The monoisotopic (exact) mass is 246 g/mol. The van der Waals surface area contributed by atoms with Crippen LogP contribution in [0.3, 0.4) is 0 Å². The summed E-state index contributed by atoms with van der Waals surface area (Å²) >= 11 is 1.59. The predicted molar refractivity (Wildman–Crippen MR) is 67.9 cm³/mol. The van der Waals surface area contributed by atoms with Gasteiger partial charge in [-0.15, -0.1) is 11.8 Å². The first-order valence-electron chi connectivity index (χ1n) is 5.09. The van der Waals surface area contributed by atoms with E-state index >= 15 is 0 Å². The van der Waals surface area contributed by atoms with Crippen molar-refractivity contribution >= 4 is 24.3 Å². The average Bonchev–Trinajstić information content (AvgIpc) is 2.38. The Morgan fingerprint density at radius 3 is 2.47 bits per heavy atom. The molecule has 0 unspecified atom stereocenters. The minimum absolute atomic E-state index is 0.498. The van der Waals surface area contributed by atoms with E-state index in [0.717, 1.165) is 16.3 Å². The highest BCUT2D eigenvalue weighted by molar-refractivity contribution is 7.98. The molecule has 0 aliphatic rings. The van der Waals surface area contributed by atoms with Crippen molar-refractivity contribution < 1.29 is 10.0 Å². The molecule has 0 spiro atoms. The quantitative estimate of drug-likeness (QED) is 0.605. The zero-order valence-corrected chi connectivity index (χ0v) is 9.84. The van der Waals surface area contributed by atoms with Crippen LogP contribution in [0.2, 0.25) is 0 Å². The van der Waals surface area contributed by atoms with Gasteiger partial charge in [0, 0.05) is 18.1 Å². The zero-order chi connectivity index (χ0) is 12.1. The largest absolute Gasteiger partial charge is 0.488 e. The number of aromatic nitrogens is 2. The third-order valence-corrected chi connectivity index (χ3v) is 3.19. The molecule has 1 aromatic heterocycles. The second kappa shape index (κ2) is 5.81. The number of rotatable bonds is 4. The molecule has 1 aromatic carbocycles. The number of nitrogens with zero attached hydrogens (tertiary/aromatic N) is 2. The summed E-state index contributed by atoms with van der Waals surface area (Å²) in [5, 5.41) is 18.8. The molecule has 0 amide bonds. The van der Waals surface area contributed by atoms with Crippen molar-refractivity contribution in [3.63, 3.8) is 0 Å². The molecule has 0 aliphatic heterocycles. The third-order valence-electron chi connectivity index (χ3n) is 2.20. The van der Waals surface area contributed by atoms with Crippen LogP contribution in [0.4, 0.5) is 0 Å². The molecule has 0 radical (unpaired) electrons. The Morgan fingerprint density at radius 2 is 1.88 bits per heavy atom. The normalized spacial score (nSPS) is 10.2. The molecule has 0 fully saturated rings. The molecule has 86 valence electrons. The number of benzene rings is 1. The predicted octanol–water partition coefficient (Wildman–Crippen LogP) is 0.449. The molecule has 2 N–H and O–H groups in total. The van der Waals surface area contributed by atoms with Gasteiger partial charge in [-0.2, -0.15) is 0 Å². The van der Waals surface area contributed by atoms with Crippen molar-refractivity contribution in [3.8, 4) is 0 Å². The number of thioether (sulfide) groups is 1. The lowest BCUT2D eigenvalue weighted by molar-refractivity contribution is 0.426. The first-order valence-corrected chi connectivity index (χ1v) is 6.08. The summed E-state index contributed by atoms with van der Waals surface area (Å²) < 4.78 is 0. The van der Waals surface area contributed by atoms with Gasteiger partial charge in [-0.3, -0.25) is 4.98 Å². The Kier molecular flexibility index (Phi) is 4.14. The van der Waals surface area contributed by atoms with Gasteiger partial charge in [0.25, 0.3) is 0 Å². The van der Waals surface area contributed by atoms with Crippen molar-refractivity contribution in [2.45, 2.75) is 10.8 Å². The molecule has 6 heteroatoms. The maximum Gasteiger partial charge on any atom is 0.488 e. The third kappa shape index (κ3) is 3.56. The Balaban J connectivity index is 1.96. The smallest absolute Gasteiger partial charge is 0.423 e. The number of hydrogen-bond acceptors (Lipinski definition) is 5. The summed E-state index contributed by atoms with van der Waals surface area (Å²) in [4.78, 5) is 8.14. The molecule has 0 saturated carbocycles. The lowest BCUT2D eigenvalue weighted by atomic mass is 9.80. The maximum absolute atomic E-state index is 8.95. The zero-order valence-electron chi connectivity index (χ0n) is 9.02. The first kappa shape index (κ1) is 12.1. The molecule has 0 saturated heterocycles. The van der Waals surface area contributed by atoms with Crippen LogP contribution in [0.15, 0.2) is 47.9 Å². The second-order valence-corrected chi connectivity index (χ2v) is 4.44. The molecular formula is C11H11BN2O2S. The Bertz CT molecular complexity index is 465. The van der Waals surface area contributed by atoms with Crippen LogP contribution in [0, 0.1) is 0 Å². The fraction of sp³-hybridized carbons (Fsp3) is 0.0909. The van der Waals surface area contributed by atoms with E-state index < -0.39 is 7.12 Å². The van der Waals surface area contributed by atoms with E-state index in [1.165, 1.54) is 0 Å². The van der Waals surface area contributed by atoms with Crippen molar-refractivity contribution in [1.29, 1.82) is 0 Å². The van der Waals surface area contributed by atoms with Gasteiger partial charge in [-0.1, -0.05) is 24.3 Å². The van der Waals surface area contributed by atoms with E-state index in [1.807, 2.05) is 12.1 Å². The fourth-order valence-corrected chi connectivity index (χ4v) is 2.08. The Labute approximate surface area is 104 Å². The Morgan fingerprint density at radius 1 is 1.12 bits per heavy atom. The molecule has 1 heterocycles. The average molecular weight is 246 g/mol. The highest BCUT2D eigenvalue weighted by Gasteiger charge is 2.09. The van der Waals surface area contributed by atoms with E-state index in [4.69, 9.17) is 10.0 Å². The summed E-state index contributed by atoms with van der Waals surface area (Å²) in [6.45, 7) is 0. The molecule has 4 nitrogen and oxygen atoms in total. The lowest BCUT2D eigenvalue weighted by Crippen LogP contribution is -2.29. The van der Waals surface area contributed by atoms with Gasteiger partial charge >= 0.3 is 7.12 Å². The van der Waals surface area contributed by atoms with Crippen molar-refractivity contribution in [1.82, 2.24) is 9.97 Å². The molecule has 0 atom stereocenters. The van der Waals surface area contributed by atoms with E-state index in [1.54, 1.807) is 42.5 Å². The van der Waals surface area contributed by atoms with Crippen molar-refractivity contribution in [2.24, 2.45) is 0 Å². The van der Waals surface area contributed by atoms with Crippen LogP contribution in [0.1, 0.15) is 5.56 Å². The van der Waals surface area contributed by atoms with Crippen LogP contribution in [0.5, 0.6) is 0 Å². The van der Waals surface area contributed by atoms with Crippen molar-refractivity contribution in [3.05, 3.63) is 48.4 Å². The van der Waals surface area contributed by atoms with Gasteiger partial charge in [0.1, 0.15) is 5.03 Å². The minimum Gasteiger partial charge on any atom is -0.423 e. The highest BCUT2D eigenvalue weighted by atomic mass is 32.2. The minimum atomic E-state index is -1.41. The van der Waals surface area contributed by atoms with E-state index in [2.05, 4.69) is 9.97 Å². The van der Waals surface area contributed by atoms with E-state index in [-0.39, 0.29) is 0 Å². The summed E-state index contributed by atoms with van der Waals surface area (Å²) in [5.74, 6) is 0.778. The number of hydrogen-bond donors (Lipinski definition) is 2. The van der Waals surface area contributed by atoms with Gasteiger partial charge in [0.15, 0.2) is 0 Å². The van der Waals surface area contributed by atoms with Gasteiger partial charge in [-0.25, -0.2) is 4.98 Å². The van der Waals surface area contributed by atoms with E-state index in [9.17, 15) is 0 Å². The fourth-order valence-electron chi connectivity index (χ4n) is 1.30. The Hall–Kier alpha value is -1.37. The van der Waals surface area contributed by atoms with Gasteiger partial charge in [0.2, 0.25) is 0 Å². The summed E-state index contributed by atoms with van der Waals surface area (Å²) in [6, 6.07) is 7.16. The summed E-state index contributed by atoms with van der Waals surface area (Å²) in [6.07, 6.45) is 5.02. The second-order valence-electron chi connectivity index (χ2n) is 3.45. The highest BCUT2D eigenvalue weighted by Crippen LogP contribution is 2.18. The van der Waals surface area contributed by atoms with E-state index in [0.29, 0.717) is 5.46 Å². The molecule has 2 rings (SSSR count). The first-order chi connectivity index (χ1) is 8.25. The van der Waals surface area contributed by atoms with Crippen LogP contribution in [-0.2, 0) is 5.75 Å². The summed E-state index contributed by atoms with van der Waals surface area (Å²) in [5.41, 5.74) is 1.60. The summed E-state index contributed by atoms with van der Waals surface area (Å²) in [7, 11) is -1.41. The lowest BCUT2D eigenvalue weighted by Gasteiger charge is -2.03. The van der Waals surface area contributed by atoms with Crippen LogP contribution < -0.4 is 5.46 Å². The van der Waals surface area contributed by atoms with Gasteiger partial charge in [-0.05, 0) is 11.0 Å². The van der Waals surface area contributed by atoms with Crippen molar-refractivity contribution in [2.75, 3.05) is 0 Å². The van der Waals surface area contributed by atoms with Crippen LogP contribution in [-0.4, -0.2) is 27.1 Å². The molecular weight excluding hydrogens is 235 g/mol. The SMILES string of the molecule is OB(O)c1ccc(CSc2cnccn2)cc1. The standard InChI is InChI=1S/C11H11BN2O2S/c15-12(16)10-3-1-9(2-4-10)8-17-11-7-13-5-6-14-11/h1-7,15-16H,8H2. The van der Waals surface area contributed by atoms with Crippen LogP contribution >= 0.6 is 11.8 Å². The molecule has 2 aromatic rings. The maximum atomic E-state index is 8.95. The molecule has 0 aliphatic carbocycles. The van der Waals surface area contributed by atoms with Gasteiger partial charge in [0.05, 0.1) is 6.20 Å². The molecule has 17 heavy (non-hydrogen) atoms.